The monoisotopic (exact) mass is 452 g/mol. The van der Waals surface area contributed by atoms with E-state index in [2.05, 4.69) is 15.3 Å². The van der Waals surface area contributed by atoms with Crippen LogP contribution in [0.5, 0.6) is 0 Å². The molecule has 4 rings (SSSR count). The molecule has 7 nitrogen and oxygen atoms in total. The van der Waals surface area contributed by atoms with Crippen LogP contribution in [0, 0.1) is 0 Å². The molecule has 11 heteroatoms. The summed E-state index contributed by atoms with van der Waals surface area (Å²) in [5.74, 6) is 0.247. The van der Waals surface area contributed by atoms with Crippen molar-refractivity contribution in [3.63, 3.8) is 0 Å². The molecule has 0 bridgehead atoms. The zero-order valence-corrected chi connectivity index (χ0v) is 17.5. The van der Waals surface area contributed by atoms with Gasteiger partial charge in [-0.15, -0.1) is 0 Å². The molecule has 0 aliphatic carbocycles. The Morgan fingerprint density at radius 2 is 1.84 bits per heavy atom. The molecule has 1 aliphatic heterocycles. The van der Waals surface area contributed by atoms with Crippen molar-refractivity contribution >= 4 is 26.6 Å². The van der Waals surface area contributed by atoms with E-state index in [1.165, 1.54) is 36.3 Å². The van der Waals surface area contributed by atoms with Gasteiger partial charge >= 0.3 is 6.18 Å². The molecule has 164 valence electrons. The Kier molecular flexibility index (Phi) is 5.03. The van der Waals surface area contributed by atoms with E-state index in [0.29, 0.717) is 17.5 Å². The number of alkyl halides is 3. The largest absolute Gasteiger partial charge is 0.416 e. The normalized spacial score (nSPS) is 20.8. The number of aryl methyl sites for hydroxylation is 1. The zero-order valence-electron chi connectivity index (χ0n) is 16.6. The molecule has 1 N–H and O–H groups in total. The highest BCUT2D eigenvalue weighted by molar-refractivity contribution is 7.92. The lowest BCUT2D eigenvalue weighted by molar-refractivity contribution is -0.137. The lowest BCUT2D eigenvalue weighted by atomic mass is 10.0. The van der Waals surface area contributed by atoms with Gasteiger partial charge in [0.15, 0.2) is 9.84 Å². The smallest absolute Gasteiger partial charge is 0.365 e. The molecule has 0 unspecified atom stereocenters. The topological polar surface area (TPSA) is 93.9 Å². The Morgan fingerprint density at radius 3 is 2.42 bits per heavy atom. The number of pyridine rings is 1. The van der Waals surface area contributed by atoms with Gasteiger partial charge in [0.05, 0.1) is 28.4 Å². The first-order valence-corrected chi connectivity index (χ1v) is 11.2. The molecule has 2 atom stereocenters. The first kappa shape index (κ1) is 21.3. The number of sulfone groups is 1. The highest BCUT2D eigenvalue weighted by Gasteiger charge is 2.37. The fraction of sp³-hybridized carbons (Fsp3) is 0.350. The van der Waals surface area contributed by atoms with Gasteiger partial charge in [-0.1, -0.05) is 12.1 Å². The zero-order chi connectivity index (χ0) is 22.6. The fourth-order valence-corrected chi connectivity index (χ4v) is 5.36. The first-order valence-electron chi connectivity index (χ1n) is 9.49. The van der Waals surface area contributed by atoms with Crippen LogP contribution in [-0.2, 0) is 23.1 Å². The average molecular weight is 452 g/mol. The van der Waals surface area contributed by atoms with Crippen LogP contribution in [0.15, 0.2) is 41.6 Å². The van der Waals surface area contributed by atoms with Crippen LogP contribution >= 0.6 is 0 Å². The van der Waals surface area contributed by atoms with Gasteiger partial charge in [-0.25, -0.2) is 18.4 Å². The lowest BCUT2D eigenvalue weighted by Crippen LogP contribution is -2.31. The van der Waals surface area contributed by atoms with Crippen molar-refractivity contribution in [3.8, 4) is 11.1 Å². The van der Waals surface area contributed by atoms with Crippen LogP contribution in [-0.4, -0.2) is 40.0 Å². The number of fused-ring (bicyclic) bond motifs is 1. The summed E-state index contributed by atoms with van der Waals surface area (Å²) in [5, 5.41) is 2.58. The summed E-state index contributed by atoms with van der Waals surface area (Å²) in [6.45, 7) is 1.61. The molecule has 0 spiro atoms. The number of anilines is 1. The molecule has 3 aromatic rings. The van der Waals surface area contributed by atoms with Gasteiger partial charge in [-0.2, -0.15) is 13.2 Å². The van der Waals surface area contributed by atoms with E-state index in [1.54, 1.807) is 6.92 Å². The Morgan fingerprint density at radius 1 is 1.16 bits per heavy atom. The molecule has 1 fully saturated rings. The second-order valence-corrected chi connectivity index (χ2v) is 10.1. The minimum absolute atomic E-state index is 0.0453. The predicted octanol–water partition coefficient (Wildman–Crippen LogP) is 3.00. The van der Waals surface area contributed by atoms with Gasteiger partial charge in [0.2, 0.25) is 0 Å². The van der Waals surface area contributed by atoms with Gasteiger partial charge in [-0.05, 0) is 31.0 Å². The predicted molar refractivity (Wildman–Crippen MR) is 110 cm³/mol. The van der Waals surface area contributed by atoms with E-state index >= 15 is 0 Å². The molecular weight excluding hydrogens is 433 g/mol. The Labute approximate surface area is 175 Å². The first-order chi connectivity index (χ1) is 14.5. The highest BCUT2D eigenvalue weighted by Crippen LogP contribution is 2.34. The van der Waals surface area contributed by atoms with Crippen molar-refractivity contribution in [2.75, 3.05) is 11.1 Å². The van der Waals surface area contributed by atoms with E-state index in [1.807, 2.05) is 0 Å². The van der Waals surface area contributed by atoms with Gasteiger partial charge in [0.1, 0.15) is 11.2 Å². The third-order valence-corrected chi connectivity index (χ3v) is 7.90. The number of aromatic nitrogens is 3. The molecule has 1 aromatic carbocycles. The molecule has 0 amide bonds. The van der Waals surface area contributed by atoms with E-state index in [0.717, 1.165) is 12.1 Å². The Balaban J connectivity index is 1.83. The second kappa shape index (κ2) is 7.33. The van der Waals surface area contributed by atoms with Gasteiger partial charge in [-0.3, -0.25) is 4.79 Å². The summed E-state index contributed by atoms with van der Waals surface area (Å²) in [4.78, 5) is 21.5. The summed E-state index contributed by atoms with van der Waals surface area (Å²) < 4.78 is 64.1. The molecule has 1 saturated heterocycles. The third kappa shape index (κ3) is 3.78. The maximum absolute atomic E-state index is 12.9. The Bertz CT molecular complexity index is 1320. The minimum Gasteiger partial charge on any atom is -0.365 e. The summed E-state index contributed by atoms with van der Waals surface area (Å²) in [6, 6.07) is 4.11. The number of halogens is 3. The van der Waals surface area contributed by atoms with Crippen LogP contribution < -0.4 is 10.9 Å². The van der Waals surface area contributed by atoms with Crippen LogP contribution in [0.25, 0.3) is 22.0 Å². The van der Waals surface area contributed by atoms with Gasteiger partial charge in [0.25, 0.3) is 5.56 Å². The molecule has 2 aromatic heterocycles. The van der Waals surface area contributed by atoms with Crippen LogP contribution in [0.1, 0.15) is 18.9 Å². The number of rotatable bonds is 3. The van der Waals surface area contributed by atoms with Crippen molar-refractivity contribution in [2.24, 2.45) is 7.05 Å². The fourth-order valence-electron chi connectivity index (χ4n) is 3.70. The lowest BCUT2D eigenvalue weighted by Gasteiger charge is -2.19. The van der Waals surface area contributed by atoms with Gasteiger partial charge < -0.3 is 9.88 Å². The maximum Gasteiger partial charge on any atom is 0.416 e. The van der Waals surface area contributed by atoms with E-state index in [-0.39, 0.29) is 22.5 Å². The van der Waals surface area contributed by atoms with Crippen molar-refractivity contribution in [3.05, 3.63) is 52.7 Å². The SMILES string of the molecule is C[C@H]1[C@H](Nc2ncc(-c3ccc(C(F)(F)F)cc3)c3ncn(C)c(=O)c23)CCS1(=O)=O. The summed E-state index contributed by atoms with van der Waals surface area (Å²) >= 11 is 0. The average Bonchev–Trinajstić information content (AvgIpc) is 2.97. The van der Waals surface area contributed by atoms with Crippen molar-refractivity contribution < 1.29 is 21.6 Å². The molecule has 1 aliphatic rings. The molecule has 0 radical (unpaired) electrons. The van der Waals surface area contributed by atoms with Crippen LogP contribution in [0.4, 0.5) is 19.0 Å². The number of hydrogen-bond acceptors (Lipinski definition) is 6. The Hall–Kier alpha value is -2.95. The third-order valence-electron chi connectivity index (χ3n) is 5.64. The summed E-state index contributed by atoms with van der Waals surface area (Å²) in [7, 11) is -1.69. The van der Waals surface area contributed by atoms with Crippen molar-refractivity contribution in [1.29, 1.82) is 0 Å². The standard InChI is InChI=1S/C20H19F3N4O3S/c1-11-15(7-8-31(11,29)30)26-18-16-17(25-10-27(2)19(16)28)14(9-24-18)12-3-5-13(6-4-12)20(21,22)23/h3-6,9-11,15H,7-8H2,1-2H3,(H,24,26)/t11-,15+/m0/s1. The van der Waals surface area contributed by atoms with Crippen LogP contribution in [0.3, 0.4) is 0 Å². The summed E-state index contributed by atoms with van der Waals surface area (Å²) in [6.07, 6.45) is -1.33. The van der Waals surface area contributed by atoms with E-state index in [4.69, 9.17) is 0 Å². The van der Waals surface area contributed by atoms with E-state index < -0.39 is 38.4 Å². The number of benzene rings is 1. The molecule has 3 heterocycles. The molecule has 0 saturated carbocycles. The number of nitrogens with zero attached hydrogens (tertiary/aromatic N) is 3. The highest BCUT2D eigenvalue weighted by atomic mass is 32.2. The maximum atomic E-state index is 12.9. The molecular formula is C20H19F3N4O3S. The number of nitrogens with one attached hydrogen (secondary N) is 1. The number of hydrogen-bond donors (Lipinski definition) is 1. The van der Waals surface area contributed by atoms with E-state index in [9.17, 15) is 26.4 Å². The minimum atomic E-state index is -4.46. The quantitative estimate of drug-likeness (QED) is 0.657. The van der Waals surface area contributed by atoms with Crippen LogP contribution in [0.2, 0.25) is 0 Å². The second-order valence-electron chi connectivity index (χ2n) is 7.59. The van der Waals surface area contributed by atoms with Gasteiger partial charge in [0, 0.05) is 24.8 Å². The molecule has 31 heavy (non-hydrogen) atoms. The van der Waals surface area contributed by atoms with Crippen molar-refractivity contribution in [2.45, 2.75) is 30.8 Å². The van der Waals surface area contributed by atoms with Crippen molar-refractivity contribution in [1.82, 2.24) is 14.5 Å². The summed E-state index contributed by atoms with van der Waals surface area (Å²) in [5.41, 5.74) is -0.0862.